The first-order valence-electron chi connectivity index (χ1n) is 12.2. The van der Waals surface area contributed by atoms with Crippen molar-refractivity contribution in [1.82, 2.24) is 15.1 Å². The number of fused-ring (bicyclic) bond motifs is 1. The first-order valence-corrected chi connectivity index (χ1v) is 13.0. The maximum atomic E-state index is 12.7. The Balaban J connectivity index is 1.26. The number of hydrogen-bond donors (Lipinski definition) is 3. The summed E-state index contributed by atoms with van der Waals surface area (Å²) >= 11 is 1.52. The van der Waals surface area contributed by atoms with Gasteiger partial charge < -0.3 is 25.8 Å². The van der Waals surface area contributed by atoms with Gasteiger partial charge in [-0.2, -0.15) is 5.10 Å². The Bertz CT molecular complexity index is 1200. The van der Waals surface area contributed by atoms with Gasteiger partial charge in [-0.3, -0.25) is 9.48 Å². The minimum atomic E-state index is -0.438. The molecule has 0 saturated carbocycles. The molecule has 0 radical (unpaired) electrons. The quantitative estimate of drug-likeness (QED) is 0.377. The second-order valence-electron chi connectivity index (χ2n) is 8.84. The van der Waals surface area contributed by atoms with Gasteiger partial charge in [0.2, 0.25) is 5.91 Å². The van der Waals surface area contributed by atoms with Gasteiger partial charge in [-0.05, 0) is 61.8 Å². The summed E-state index contributed by atoms with van der Waals surface area (Å²) in [6, 6.07) is 9.63. The molecular weight excluding hydrogens is 478 g/mol. The van der Waals surface area contributed by atoms with Gasteiger partial charge in [0.05, 0.1) is 31.1 Å². The normalized spacial score (nSPS) is 14.7. The molecule has 1 aliphatic rings. The minimum Gasteiger partial charge on any atom is -0.494 e. The number of para-hydroxylation sites is 1. The molecule has 3 aromatic rings. The summed E-state index contributed by atoms with van der Waals surface area (Å²) in [6.45, 7) is 3.24. The number of ether oxygens (including phenoxy) is 2. The maximum Gasteiger partial charge on any atom is 0.407 e. The van der Waals surface area contributed by atoms with E-state index in [2.05, 4.69) is 15.7 Å². The van der Waals surface area contributed by atoms with Crippen LogP contribution in [0.2, 0.25) is 0 Å². The number of carbonyl (C=O) groups is 2. The summed E-state index contributed by atoms with van der Waals surface area (Å²) in [5, 5.41) is 10.5. The summed E-state index contributed by atoms with van der Waals surface area (Å²) in [6.07, 6.45) is 4.64. The molecule has 0 spiro atoms. The zero-order valence-electron chi connectivity index (χ0n) is 20.7. The van der Waals surface area contributed by atoms with E-state index >= 15 is 0 Å². The van der Waals surface area contributed by atoms with Crippen molar-refractivity contribution in [2.75, 3.05) is 24.3 Å². The highest BCUT2D eigenvalue weighted by atomic mass is 32.1. The summed E-state index contributed by atoms with van der Waals surface area (Å²) in [7, 11) is 1.83. The first kappa shape index (κ1) is 25.6. The molecule has 4 rings (SSSR count). The van der Waals surface area contributed by atoms with Crippen LogP contribution in [0.25, 0.3) is 0 Å². The van der Waals surface area contributed by atoms with Gasteiger partial charge in [0, 0.05) is 24.5 Å². The van der Waals surface area contributed by atoms with Gasteiger partial charge in [0.15, 0.2) is 0 Å². The lowest BCUT2D eigenvalue weighted by molar-refractivity contribution is -0.116. The number of thiophene rings is 1. The van der Waals surface area contributed by atoms with Gasteiger partial charge >= 0.3 is 6.09 Å². The van der Waals surface area contributed by atoms with Crippen LogP contribution in [-0.4, -0.2) is 35.0 Å². The predicted octanol–water partition coefficient (Wildman–Crippen LogP) is 4.07. The molecule has 0 aliphatic heterocycles. The smallest absolute Gasteiger partial charge is 0.407 e. The van der Waals surface area contributed by atoms with E-state index in [1.807, 2.05) is 44.3 Å². The summed E-state index contributed by atoms with van der Waals surface area (Å²) < 4.78 is 12.8. The van der Waals surface area contributed by atoms with Crippen LogP contribution in [0.3, 0.4) is 0 Å². The van der Waals surface area contributed by atoms with Crippen molar-refractivity contribution in [3.8, 4) is 5.75 Å². The molecule has 36 heavy (non-hydrogen) atoms. The number of nitrogen functional groups attached to an aromatic ring is 1. The van der Waals surface area contributed by atoms with Crippen LogP contribution in [0, 0.1) is 5.92 Å². The number of benzene rings is 1. The molecule has 0 fully saturated rings. The number of anilines is 2. The molecule has 1 atom stereocenters. The van der Waals surface area contributed by atoms with Crippen molar-refractivity contribution in [2.45, 2.75) is 45.6 Å². The van der Waals surface area contributed by atoms with E-state index in [4.69, 9.17) is 15.2 Å². The Morgan fingerprint density at radius 1 is 1.28 bits per heavy atom. The Hall–Kier alpha value is -3.53. The van der Waals surface area contributed by atoms with Crippen LogP contribution in [0.5, 0.6) is 5.75 Å². The monoisotopic (exact) mass is 511 g/mol. The van der Waals surface area contributed by atoms with Crippen molar-refractivity contribution in [3.05, 3.63) is 58.2 Å². The van der Waals surface area contributed by atoms with E-state index in [0.717, 1.165) is 46.7 Å². The van der Waals surface area contributed by atoms with Gasteiger partial charge in [-0.1, -0.05) is 18.2 Å². The van der Waals surface area contributed by atoms with Crippen LogP contribution in [0.1, 0.15) is 41.5 Å². The predicted molar refractivity (Wildman–Crippen MR) is 140 cm³/mol. The highest BCUT2D eigenvalue weighted by molar-refractivity contribution is 7.17. The number of nitrogens with one attached hydrogen (secondary N) is 2. The average molecular weight is 512 g/mol. The Labute approximate surface area is 215 Å². The van der Waals surface area contributed by atoms with Crippen molar-refractivity contribution in [1.29, 1.82) is 0 Å². The molecular formula is C26H33N5O4S. The Morgan fingerprint density at radius 2 is 2.11 bits per heavy atom. The number of amides is 2. The number of hydrogen-bond acceptors (Lipinski definition) is 7. The van der Waals surface area contributed by atoms with Gasteiger partial charge in [-0.25, -0.2) is 4.79 Å². The third-order valence-electron chi connectivity index (χ3n) is 6.34. The van der Waals surface area contributed by atoms with E-state index in [1.165, 1.54) is 11.3 Å². The molecule has 1 unspecified atom stereocenters. The lowest BCUT2D eigenvalue weighted by Crippen LogP contribution is -2.28. The second kappa shape index (κ2) is 11.9. The zero-order chi connectivity index (χ0) is 25.5. The molecule has 10 heteroatoms. The number of aryl methyl sites for hydroxylation is 2. The van der Waals surface area contributed by atoms with Crippen LogP contribution in [-0.2, 0) is 42.4 Å². The minimum absolute atomic E-state index is 0.0726. The standard InChI is InChI=1S/C26H33N5O4S/c1-3-34-21-7-5-4-6-18(21)9-11-23(32)30-25-24(27)20-10-8-17(14-22(20)36-25)16-35-26(33)28-15-19-12-13-29-31(19)2/h4-7,12-13,17H,3,8-11,14-16,27H2,1-2H3,(H,28,33)(H,30,32). The molecule has 2 heterocycles. The highest BCUT2D eigenvalue weighted by Crippen LogP contribution is 2.41. The third kappa shape index (κ3) is 6.37. The number of nitrogens with two attached hydrogens (primary N) is 1. The Morgan fingerprint density at radius 3 is 2.89 bits per heavy atom. The highest BCUT2D eigenvalue weighted by Gasteiger charge is 2.26. The lowest BCUT2D eigenvalue weighted by atomic mass is 9.89. The van der Waals surface area contributed by atoms with E-state index in [1.54, 1.807) is 10.9 Å². The maximum absolute atomic E-state index is 12.7. The second-order valence-corrected chi connectivity index (χ2v) is 9.95. The fourth-order valence-corrected chi connectivity index (χ4v) is 5.64. The van der Waals surface area contributed by atoms with E-state index in [-0.39, 0.29) is 11.8 Å². The molecule has 192 valence electrons. The van der Waals surface area contributed by atoms with E-state index < -0.39 is 6.09 Å². The molecule has 1 aromatic carbocycles. The van der Waals surface area contributed by atoms with Crippen LogP contribution < -0.4 is 21.1 Å². The molecule has 1 aliphatic carbocycles. The van der Waals surface area contributed by atoms with Crippen LogP contribution in [0.4, 0.5) is 15.5 Å². The fourth-order valence-electron chi connectivity index (χ4n) is 4.34. The molecule has 4 N–H and O–H groups in total. The number of rotatable bonds is 10. The fraction of sp³-hybridized carbons (Fsp3) is 0.423. The summed E-state index contributed by atoms with van der Waals surface area (Å²) in [5.74, 6) is 0.964. The number of aromatic nitrogens is 2. The number of carbonyl (C=O) groups excluding carboxylic acids is 2. The summed E-state index contributed by atoms with van der Waals surface area (Å²) in [5.41, 5.74) is 10.1. The van der Waals surface area contributed by atoms with Crippen LogP contribution >= 0.6 is 11.3 Å². The SMILES string of the molecule is CCOc1ccccc1CCC(=O)Nc1sc2c(c1N)CCC(COC(=O)NCc1ccnn1C)C2. The van der Waals surface area contributed by atoms with Crippen LogP contribution in [0.15, 0.2) is 36.5 Å². The first-order chi connectivity index (χ1) is 17.4. The molecule has 2 amide bonds. The van der Waals surface area contributed by atoms with E-state index in [0.29, 0.717) is 43.3 Å². The van der Waals surface area contributed by atoms with Gasteiger partial charge in [0.1, 0.15) is 10.8 Å². The van der Waals surface area contributed by atoms with Crippen molar-refractivity contribution < 1.29 is 19.1 Å². The molecule has 0 bridgehead atoms. The zero-order valence-corrected chi connectivity index (χ0v) is 21.5. The topological polar surface area (TPSA) is 120 Å². The van der Waals surface area contributed by atoms with Crippen molar-refractivity contribution in [3.63, 3.8) is 0 Å². The van der Waals surface area contributed by atoms with Gasteiger partial charge in [0.25, 0.3) is 0 Å². The summed E-state index contributed by atoms with van der Waals surface area (Å²) in [4.78, 5) is 25.9. The van der Waals surface area contributed by atoms with Gasteiger partial charge in [-0.15, -0.1) is 11.3 Å². The van der Waals surface area contributed by atoms with Crippen molar-refractivity contribution >= 4 is 34.0 Å². The number of alkyl carbamates (subject to hydrolysis) is 1. The molecule has 2 aromatic heterocycles. The largest absolute Gasteiger partial charge is 0.494 e. The number of nitrogens with zero attached hydrogens (tertiary/aromatic N) is 2. The average Bonchev–Trinajstić information content (AvgIpc) is 3.42. The Kier molecular flexibility index (Phi) is 8.48. The molecule has 0 saturated heterocycles. The third-order valence-corrected chi connectivity index (χ3v) is 7.53. The molecule has 9 nitrogen and oxygen atoms in total. The van der Waals surface area contributed by atoms with Crippen molar-refractivity contribution in [2.24, 2.45) is 13.0 Å². The van der Waals surface area contributed by atoms with E-state index in [9.17, 15) is 9.59 Å². The lowest BCUT2D eigenvalue weighted by Gasteiger charge is -2.22.